The van der Waals surface area contributed by atoms with Crippen LogP contribution < -0.4 is 10.9 Å². The third-order valence-corrected chi connectivity index (χ3v) is 3.96. The minimum atomic E-state index is -4.02. The molecule has 0 aromatic carbocycles. The molecule has 4 N–H and O–H groups in total. The van der Waals surface area contributed by atoms with Gasteiger partial charge in [0.05, 0.1) is 6.04 Å². The molecule has 1 aliphatic carbocycles. The molecule has 0 fully saturated rings. The van der Waals surface area contributed by atoms with Crippen LogP contribution in [0.4, 0.5) is 0 Å². The lowest BCUT2D eigenvalue weighted by molar-refractivity contribution is 0.417. The first-order valence-corrected chi connectivity index (χ1v) is 5.94. The Morgan fingerprint density at radius 3 is 2.69 bits per heavy atom. The summed E-state index contributed by atoms with van der Waals surface area (Å²) in [6.45, 7) is 0. The lowest BCUT2D eigenvalue weighted by Gasteiger charge is -2.30. The summed E-state index contributed by atoms with van der Waals surface area (Å²) in [7, 11) is -4.02. The fourth-order valence-electron chi connectivity index (χ4n) is 1.60. The van der Waals surface area contributed by atoms with Crippen LogP contribution in [-0.2, 0) is 14.8 Å². The molecule has 0 amide bonds. The predicted octanol–water partition coefficient (Wildman–Crippen LogP) is -0.993. The summed E-state index contributed by atoms with van der Waals surface area (Å²) in [5, 5.41) is 12.2. The van der Waals surface area contributed by atoms with Crippen LogP contribution >= 0.6 is 0 Å². The molecule has 7 nitrogen and oxygen atoms in total. The molecule has 2 rings (SSSR count). The van der Waals surface area contributed by atoms with E-state index in [0.717, 1.165) is 6.39 Å². The number of hydrogen-bond donors (Lipinski definition) is 2. The number of allylic oxidation sites excluding steroid dienone is 2. The van der Waals surface area contributed by atoms with Crippen molar-refractivity contribution in [1.29, 1.82) is 0 Å². The lowest BCUT2D eigenvalue weighted by atomic mass is 9.94. The van der Waals surface area contributed by atoms with Crippen molar-refractivity contribution in [2.45, 2.75) is 10.8 Å². The molecule has 2 atom stereocenters. The maximum atomic E-state index is 11.7. The molecule has 0 bridgehead atoms. The Morgan fingerprint density at radius 1 is 1.44 bits per heavy atom. The standard InChI is InChI=1S/C8H10N4O3S/c9-6-3-1-2-4-8(6,16(10,13)14)7-12-11-5-15-7/h1-6H,9H2,(H2,10,13,14). The first kappa shape index (κ1) is 11.0. The number of rotatable bonds is 2. The van der Waals surface area contributed by atoms with Gasteiger partial charge in [-0.15, -0.1) is 10.2 Å². The van der Waals surface area contributed by atoms with Gasteiger partial charge in [-0.05, 0) is 0 Å². The summed E-state index contributed by atoms with van der Waals surface area (Å²) < 4.78 is 26.6. The summed E-state index contributed by atoms with van der Waals surface area (Å²) >= 11 is 0. The molecule has 86 valence electrons. The van der Waals surface area contributed by atoms with Gasteiger partial charge in [0.1, 0.15) is 0 Å². The average Bonchev–Trinajstić information content (AvgIpc) is 2.69. The predicted molar refractivity (Wildman–Crippen MR) is 55.3 cm³/mol. The topological polar surface area (TPSA) is 125 Å². The summed E-state index contributed by atoms with van der Waals surface area (Å²) in [5.41, 5.74) is 5.77. The van der Waals surface area contributed by atoms with Crippen LogP contribution in [-0.4, -0.2) is 24.7 Å². The molecule has 0 saturated carbocycles. The van der Waals surface area contributed by atoms with Gasteiger partial charge in [-0.2, -0.15) is 0 Å². The number of nitrogens with zero attached hydrogens (tertiary/aromatic N) is 2. The molecule has 8 heteroatoms. The third-order valence-electron chi connectivity index (χ3n) is 2.43. The molecule has 1 heterocycles. The molecule has 0 saturated heterocycles. The van der Waals surface area contributed by atoms with Crippen LogP contribution in [0.2, 0.25) is 0 Å². The second-order valence-electron chi connectivity index (χ2n) is 3.35. The Kier molecular flexibility index (Phi) is 2.41. The highest BCUT2D eigenvalue weighted by molar-refractivity contribution is 7.90. The SMILES string of the molecule is NC1C=CC=CC1(c1nnco1)S(N)(=O)=O. The zero-order chi connectivity index (χ0) is 11.8. The van der Waals surface area contributed by atoms with Crippen molar-refractivity contribution < 1.29 is 12.8 Å². The molecular weight excluding hydrogens is 232 g/mol. The van der Waals surface area contributed by atoms with Crippen LogP contribution in [0.15, 0.2) is 35.1 Å². The molecule has 0 spiro atoms. The fourth-order valence-corrected chi connectivity index (χ4v) is 2.66. The minimum absolute atomic E-state index is 0.136. The van der Waals surface area contributed by atoms with Crippen LogP contribution in [0, 0.1) is 0 Å². The number of hydrogen-bond acceptors (Lipinski definition) is 6. The van der Waals surface area contributed by atoms with E-state index in [-0.39, 0.29) is 5.89 Å². The van der Waals surface area contributed by atoms with E-state index in [1.54, 1.807) is 6.08 Å². The van der Waals surface area contributed by atoms with Crippen molar-refractivity contribution in [2.75, 3.05) is 0 Å². The maximum absolute atomic E-state index is 11.7. The normalized spacial score (nSPS) is 29.5. The maximum Gasteiger partial charge on any atom is 0.244 e. The Balaban J connectivity index is 2.68. The Bertz CT molecular complexity index is 534. The van der Waals surface area contributed by atoms with E-state index in [0.29, 0.717) is 0 Å². The molecule has 1 aromatic rings. The van der Waals surface area contributed by atoms with E-state index in [2.05, 4.69) is 10.2 Å². The van der Waals surface area contributed by atoms with E-state index in [1.165, 1.54) is 18.2 Å². The zero-order valence-electron chi connectivity index (χ0n) is 8.15. The molecule has 1 aromatic heterocycles. The average molecular weight is 242 g/mol. The highest BCUT2D eigenvalue weighted by Crippen LogP contribution is 2.34. The van der Waals surface area contributed by atoms with Gasteiger partial charge in [0, 0.05) is 0 Å². The number of sulfonamides is 1. The largest absolute Gasteiger partial charge is 0.426 e. The monoisotopic (exact) mass is 242 g/mol. The fraction of sp³-hybridized carbons (Fsp3) is 0.250. The van der Waals surface area contributed by atoms with Gasteiger partial charge in [-0.3, -0.25) is 0 Å². The molecule has 1 aliphatic rings. The van der Waals surface area contributed by atoms with Crippen LogP contribution in [0.5, 0.6) is 0 Å². The number of nitrogens with two attached hydrogens (primary N) is 2. The number of primary sulfonamides is 1. The summed E-state index contributed by atoms with van der Waals surface area (Å²) in [4.78, 5) is 0. The lowest BCUT2D eigenvalue weighted by Crippen LogP contribution is -2.52. The van der Waals surface area contributed by atoms with Crippen molar-refractivity contribution in [1.82, 2.24) is 10.2 Å². The van der Waals surface area contributed by atoms with Crippen molar-refractivity contribution in [3.8, 4) is 0 Å². The summed E-state index contributed by atoms with van der Waals surface area (Å²) in [6.07, 6.45) is 7.04. The quantitative estimate of drug-likeness (QED) is 0.685. The van der Waals surface area contributed by atoms with Gasteiger partial charge >= 0.3 is 0 Å². The molecule has 0 radical (unpaired) electrons. The summed E-state index contributed by atoms with van der Waals surface area (Å²) in [6, 6.07) is -0.868. The van der Waals surface area contributed by atoms with Crippen LogP contribution in [0.1, 0.15) is 5.89 Å². The highest BCUT2D eigenvalue weighted by atomic mass is 32.2. The third kappa shape index (κ3) is 1.39. The van der Waals surface area contributed by atoms with Crippen LogP contribution in [0.25, 0.3) is 0 Å². The molecular formula is C8H10N4O3S. The zero-order valence-corrected chi connectivity index (χ0v) is 8.96. The first-order chi connectivity index (χ1) is 7.48. The minimum Gasteiger partial charge on any atom is -0.426 e. The first-order valence-electron chi connectivity index (χ1n) is 4.39. The van der Waals surface area contributed by atoms with E-state index in [4.69, 9.17) is 15.3 Å². The second-order valence-corrected chi connectivity index (χ2v) is 5.12. The van der Waals surface area contributed by atoms with Gasteiger partial charge in [0.15, 0.2) is 4.75 Å². The van der Waals surface area contributed by atoms with Gasteiger partial charge in [-0.25, -0.2) is 13.6 Å². The Hall–Kier alpha value is -1.51. The second kappa shape index (κ2) is 3.51. The highest BCUT2D eigenvalue weighted by Gasteiger charge is 2.51. The Morgan fingerprint density at radius 2 is 2.19 bits per heavy atom. The van der Waals surface area contributed by atoms with Gasteiger partial charge < -0.3 is 10.2 Å². The molecule has 0 aliphatic heterocycles. The Labute approximate surface area is 91.9 Å². The van der Waals surface area contributed by atoms with Crippen LogP contribution in [0.3, 0.4) is 0 Å². The van der Waals surface area contributed by atoms with E-state index >= 15 is 0 Å². The van der Waals surface area contributed by atoms with Gasteiger partial charge in [0.2, 0.25) is 22.3 Å². The van der Waals surface area contributed by atoms with Crippen molar-refractivity contribution in [3.05, 3.63) is 36.6 Å². The van der Waals surface area contributed by atoms with Gasteiger partial charge in [0.25, 0.3) is 0 Å². The van der Waals surface area contributed by atoms with Crippen molar-refractivity contribution in [3.63, 3.8) is 0 Å². The van der Waals surface area contributed by atoms with E-state index < -0.39 is 20.8 Å². The van der Waals surface area contributed by atoms with Crippen molar-refractivity contribution in [2.24, 2.45) is 10.9 Å². The molecule has 16 heavy (non-hydrogen) atoms. The van der Waals surface area contributed by atoms with Crippen molar-refractivity contribution >= 4 is 10.0 Å². The van der Waals surface area contributed by atoms with E-state index in [1.807, 2.05) is 0 Å². The van der Waals surface area contributed by atoms with Gasteiger partial charge in [-0.1, -0.05) is 24.3 Å². The number of aromatic nitrogens is 2. The molecule has 2 unspecified atom stereocenters. The van der Waals surface area contributed by atoms with E-state index in [9.17, 15) is 8.42 Å². The summed E-state index contributed by atoms with van der Waals surface area (Å²) in [5.74, 6) is -0.136. The smallest absolute Gasteiger partial charge is 0.244 e.